The van der Waals surface area contributed by atoms with Crippen molar-refractivity contribution in [2.45, 2.75) is 27.7 Å². The van der Waals surface area contributed by atoms with Crippen LogP contribution in [0.5, 0.6) is 35.3 Å². The Morgan fingerprint density at radius 3 is 0.640 bits per heavy atom. The molecule has 14 rings (SSSR count). The minimum atomic E-state index is -0.392. The summed E-state index contributed by atoms with van der Waals surface area (Å²) in [4.78, 5) is 165. The molecule has 0 bridgehead atoms. The van der Waals surface area contributed by atoms with E-state index in [1.165, 1.54) is 35.5 Å². The number of carbonyl (C=O) groups excluding carboxylic acids is 7. The first-order valence-corrected chi connectivity index (χ1v) is 39.5. The van der Waals surface area contributed by atoms with Crippen molar-refractivity contribution < 1.29 is 62.0 Å². The van der Waals surface area contributed by atoms with E-state index in [1.807, 2.05) is 70.2 Å². The van der Waals surface area contributed by atoms with Gasteiger partial charge in [0, 0.05) is 67.1 Å². The number of aryl methyl sites for hydroxylation is 4. The number of nitrogens with zero attached hydrogens (tertiary/aromatic N) is 21. The van der Waals surface area contributed by atoms with E-state index in [-0.39, 0.29) is 149 Å². The van der Waals surface area contributed by atoms with Crippen LogP contribution in [0.3, 0.4) is 0 Å². The molecular weight excluding hydrogens is 1760 g/mol. The fourth-order valence-corrected chi connectivity index (χ4v) is 10.3. The number of aromatic nitrogens is 21. The predicted octanol–water partition coefficient (Wildman–Crippen LogP) is 6.39. The van der Waals surface area contributed by atoms with Crippen LogP contribution in [0, 0.1) is 27.7 Å². The van der Waals surface area contributed by atoms with Crippen LogP contribution in [-0.4, -0.2) is 217 Å². The summed E-state index contributed by atoms with van der Waals surface area (Å²) in [5.74, 6) is 1.18. The minimum absolute atomic E-state index is 0.0159. The molecule has 0 saturated heterocycles. The number of carbonyl (C=O) groups is 7. The lowest BCUT2D eigenvalue weighted by atomic mass is 10.1. The molecule has 0 radical (unpaired) electrons. The van der Waals surface area contributed by atoms with Crippen molar-refractivity contribution in [2.75, 3.05) is 169 Å². The number of anilines is 18. The minimum Gasteiger partial charge on any atom is -0.497 e. The molecule has 0 aliphatic heterocycles. The third kappa shape index (κ3) is 33.3. The largest absolute Gasteiger partial charge is 0.497 e. The smallest absolute Gasteiger partial charge is 0.322 e. The molecule has 0 fully saturated rings. The Kier molecular flexibility index (Phi) is 38.1. The van der Waals surface area contributed by atoms with Gasteiger partial charge >= 0.3 is 18.0 Å². The monoisotopic (exact) mass is 1860 g/mol. The van der Waals surface area contributed by atoms with Crippen molar-refractivity contribution in [2.24, 2.45) is 0 Å². The number of amides is 7. The molecule has 7 aromatic carbocycles. The molecule has 0 aliphatic carbocycles. The molecule has 136 heavy (non-hydrogen) atoms. The van der Waals surface area contributed by atoms with Gasteiger partial charge in [-0.2, -0.15) is 105 Å². The lowest BCUT2D eigenvalue weighted by molar-refractivity contribution is 0.101. The standard InChI is InChI=1S/2C12H14N6O2.2C12H14N6O.C12H13N5O3.2C12H13N5O2/c1-14-11-16-10(13)17-12(18-11)15-9(19)7-3-5-8(20-2)6-4-7;1-14-11-16-10(13)17-12(18-11)15-9(19)7-4-3-5-8(6-7)20-2;1-7-3-5-8(6-4-7)9(19)15-12-17-10(13)16-11(14-2)18-12;1-7-4-3-5-8(6-7)9(19)15-12-17-10(13)16-11(14-2)18-12;1-19-8-5-3-4-7(6-8)9(18)14-11-15-10(13)16-12(17-11)20-2;1-7-3-5-8(6-4-7)9(18)14-11-15-10(13)16-12(17-11)19-2;1-7-4-3-5-8(6-7)9(18)14-11-15-10(13)16-12(17-11)19-2/h2*3-6H,1-2H3,(H4,13,14,15,16,17,18,19);2*3-6H,1-2H3,(H4,13,14,15,16,17,18,19);3-6H,1-2H3,(H3,13,14,15,16,17,18);2*3-6H,1-2H3,(H3,13,14,15,16,17,18). The van der Waals surface area contributed by atoms with E-state index >= 15 is 0 Å². The Labute approximate surface area is 775 Å². The number of nitrogens with two attached hydrogens (primary N) is 7. The number of hydrogen-bond acceptors (Lipinski definition) is 45. The number of ether oxygens (including phenoxy) is 6. The van der Waals surface area contributed by atoms with E-state index < -0.39 is 5.91 Å². The maximum absolute atomic E-state index is 12.1. The first kappa shape index (κ1) is 102. The van der Waals surface area contributed by atoms with Crippen LogP contribution in [0.4, 0.5) is 107 Å². The van der Waals surface area contributed by atoms with Crippen LogP contribution in [-0.2, 0) is 0 Å². The Hall–Kier alpha value is -19.5. The molecule has 0 aliphatic rings. The van der Waals surface area contributed by atoms with Crippen LogP contribution < -0.4 is 127 Å². The van der Waals surface area contributed by atoms with Gasteiger partial charge < -0.3 is 89.8 Å². The second-order valence-electron chi connectivity index (χ2n) is 26.7. The zero-order chi connectivity index (χ0) is 98.9. The molecule has 7 amide bonds. The molecule has 0 unspecified atom stereocenters. The van der Waals surface area contributed by atoms with Crippen molar-refractivity contribution in [3.8, 4) is 35.3 Å². The lowest BCUT2D eigenvalue weighted by Crippen LogP contribution is -2.16. The Bertz CT molecular complexity index is 6130. The maximum Gasteiger partial charge on any atom is 0.322 e. The molecule has 0 saturated carbocycles. The van der Waals surface area contributed by atoms with Gasteiger partial charge in [-0.15, -0.1) is 0 Å². The van der Waals surface area contributed by atoms with Crippen LogP contribution in [0.2, 0.25) is 0 Å². The average molecular weight is 1860 g/mol. The van der Waals surface area contributed by atoms with Gasteiger partial charge in [0.1, 0.15) is 17.2 Å². The molecule has 0 spiro atoms. The highest BCUT2D eigenvalue weighted by Gasteiger charge is 2.19. The molecule has 7 heterocycles. The third-order valence-corrected chi connectivity index (χ3v) is 16.7. The van der Waals surface area contributed by atoms with E-state index in [2.05, 4.69) is 163 Å². The highest BCUT2D eigenvalue weighted by molar-refractivity contribution is 6.07. The van der Waals surface area contributed by atoms with Gasteiger partial charge in [-0.1, -0.05) is 82.9 Å². The number of methoxy groups -OCH3 is 6. The van der Waals surface area contributed by atoms with E-state index in [0.29, 0.717) is 68.1 Å². The van der Waals surface area contributed by atoms with Gasteiger partial charge in [0.15, 0.2) is 0 Å². The Morgan fingerprint density at radius 2 is 0.412 bits per heavy atom. The molecule has 0 atom stereocenters. The fourth-order valence-electron chi connectivity index (χ4n) is 10.3. The topological polar surface area (TPSA) is 760 Å². The summed E-state index contributed by atoms with van der Waals surface area (Å²) < 4.78 is 29.7. The summed E-state index contributed by atoms with van der Waals surface area (Å²) in [5.41, 5.74) is 46.0. The van der Waals surface area contributed by atoms with Crippen LogP contribution in [0.1, 0.15) is 94.8 Å². The molecule has 7 aromatic heterocycles. The number of nitrogen functional groups attached to an aromatic ring is 7. The van der Waals surface area contributed by atoms with Crippen LogP contribution >= 0.6 is 0 Å². The lowest BCUT2D eigenvalue weighted by Gasteiger charge is -2.07. The summed E-state index contributed by atoms with van der Waals surface area (Å²) in [6.45, 7) is 7.71. The predicted molar refractivity (Wildman–Crippen MR) is 507 cm³/mol. The molecule has 52 heteroatoms. The second-order valence-corrected chi connectivity index (χ2v) is 26.7. The zero-order valence-corrected chi connectivity index (χ0v) is 75.4. The Balaban J connectivity index is 0.000000195. The van der Waals surface area contributed by atoms with E-state index in [1.54, 1.807) is 163 Å². The van der Waals surface area contributed by atoms with Gasteiger partial charge in [0.2, 0.25) is 107 Å². The second kappa shape index (κ2) is 50.9. The number of hydrogen-bond donors (Lipinski definition) is 18. The number of benzene rings is 7. The van der Waals surface area contributed by atoms with E-state index in [4.69, 9.17) is 68.6 Å². The quantitative estimate of drug-likeness (QED) is 0.0311. The van der Waals surface area contributed by atoms with Crippen molar-refractivity contribution in [1.82, 2.24) is 105 Å². The van der Waals surface area contributed by atoms with Crippen molar-refractivity contribution in [3.63, 3.8) is 0 Å². The first-order valence-electron chi connectivity index (χ1n) is 39.5. The van der Waals surface area contributed by atoms with Crippen molar-refractivity contribution in [1.29, 1.82) is 0 Å². The third-order valence-electron chi connectivity index (χ3n) is 16.7. The molecule has 704 valence electrons. The molecular formula is C84H95N39O13. The van der Waals surface area contributed by atoms with Crippen LogP contribution in [0.25, 0.3) is 0 Å². The number of rotatable bonds is 24. The van der Waals surface area contributed by atoms with Gasteiger partial charge in [0.25, 0.3) is 41.4 Å². The summed E-state index contributed by atoms with van der Waals surface area (Å²) in [7, 11) is 15.4. The summed E-state index contributed by atoms with van der Waals surface area (Å²) in [6, 6.07) is 48.8. The average Bonchev–Trinajstić information content (AvgIpc) is 0.895. The summed E-state index contributed by atoms with van der Waals surface area (Å²) in [5, 5.41) is 28.8. The van der Waals surface area contributed by atoms with Gasteiger partial charge in [-0.05, 0) is 137 Å². The summed E-state index contributed by atoms with van der Waals surface area (Å²) >= 11 is 0. The maximum atomic E-state index is 12.1. The summed E-state index contributed by atoms with van der Waals surface area (Å²) in [6.07, 6.45) is 0. The SMILES string of the molecule is CNc1nc(N)nc(NC(=O)c2ccc(C)cc2)n1.CNc1nc(N)nc(NC(=O)c2ccc(OC)cc2)n1.CNc1nc(N)nc(NC(=O)c2cccc(C)c2)n1.CNc1nc(N)nc(NC(=O)c2cccc(OC)c2)n1.COc1cccc(C(=O)Nc2nc(N)nc(OC)n2)c1.COc1nc(N)nc(NC(=O)c2ccc(C)cc2)n1.COc1nc(N)nc(NC(=O)c2cccc(C)c2)n1. The molecule has 14 aromatic rings. The van der Waals surface area contributed by atoms with Crippen molar-refractivity contribution >= 4 is 148 Å². The highest BCUT2D eigenvalue weighted by Crippen LogP contribution is 2.22. The fraction of sp³-hybridized carbons (Fsp3) is 0.167. The zero-order valence-electron chi connectivity index (χ0n) is 75.4. The van der Waals surface area contributed by atoms with Crippen molar-refractivity contribution in [3.05, 3.63) is 231 Å². The highest BCUT2D eigenvalue weighted by atomic mass is 16.5. The molecule has 25 N–H and O–H groups in total. The molecule has 52 nitrogen and oxygen atoms in total. The van der Waals surface area contributed by atoms with E-state index in [9.17, 15) is 33.6 Å². The number of nitrogens with one attached hydrogen (secondary N) is 11. The normalized spacial score (nSPS) is 9.96. The van der Waals surface area contributed by atoms with E-state index in [0.717, 1.165) is 22.3 Å². The van der Waals surface area contributed by atoms with Gasteiger partial charge in [0.05, 0.1) is 42.7 Å². The van der Waals surface area contributed by atoms with Crippen LogP contribution in [0.15, 0.2) is 170 Å². The Morgan fingerprint density at radius 1 is 0.206 bits per heavy atom. The first-order chi connectivity index (χ1) is 65.2. The van der Waals surface area contributed by atoms with Gasteiger partial charge in [-0.3, -0.25) is 70.8 Å². The van der Waals surface area contributed by atoms with Gasteiger partial charge in [-0.25, -0.2) is 0 Å².